The Balaban J connectivity index is 1.89. The van der Waals surface area contributed by atoms with Crippen molar-refractivity contribution in [2.45, 2.75) is 31.9 Å². The van der Waals surface area contributed by atoms with Crippen LogP contribution in [0, 0.1) is 0 Å². The first kappa shape index (κ1) is 14.6. The summed E-state index contributed by atoms with van der Waals surface area (Å²) in [5, 5.41) is 6.09. The molecule has 1 fully saturated rings. The van der Waals surface area contributed by atoms with Crippen LogP contribution in [-0.2, 0) is 4.74 Å². The molecule has 1 saturated heterocycles. The second-order valence-corrected chi connectivity index (χ2v) is 5.89. The fourth-order valence-corrected chi connectivity index (χ4v) is 2.77. The molecular formula is C13H16BrClN2O2. The summed E-state index contributed by atoms with van der Waals surface area (Å²) in [5.41, 5.74) is 0.585. The number of anilines is 1. The van der Waals surface area contributed by atoms with Crippen LogP contribution in [-0.4, -0.2) is 24.8 Å². The summed E-state index contributed by atoms with van der Waals surface area (Å²) in [6, 6.07) is 5.03. The number of carbonyl (C=O) groups is 1. The van der Waals surface area contributed by atoms with E-state index in [4.69, 9.17) is 16.3 Å². The molecule has 6 heteroatoms. The molecule has 0 radical (unpaired) electrons. The van der Waals surface area contributed by atoms with Crippen molar-refractivity contribution in [2.24, 2.45) is 0 Å². The molecule has 0 aromatic heterocycles. The molecule has 0 bridgehead atoms. The van der Waals surface area contributed by atoms with Crippen molar-refractivity contribution in [3.05, 3.63) is 27.7 Å². The molecule has 2 rings (SSSR count). The maximum absolute atomic E-state index is 11.9. The van der Waals surface area contributed by atoms with Crippen LogP contribution in [0.1, 0.15) is 19.8 Å². The van der Waals surface area contributed by atoms with Gasteiger partial charge in [0.05, 0.1) is 22.9 Å². The Bertz CT molecular complexity index is 464. The predicted molar refractivity (Wildman–Crippen MR) is 79.7 cm³/mol. The van der Waals surface area contributed by atoms with Crippen molar-refractivity contribution in [3.63, 3.8) is 0 Å². The van der Waals surface area contributed by atoms with Crippen LogP contribution in [0.3, 0.4) is 0 Å². The summed E-state index contributed by atoms with van der Waals surface area (Å²) in [5.74, 6) is 0. The lowest BCUT2D eigenvalue weighted by Crippen LogP contribution is -2.43. The molecule has 0 saturated carbocycles. The average Bonchev–Trinajstić information content (AvgIpc) is 2.86. The van der Waals surface area contributed by atoms with Crippen LogP contribution in [0.2, 0.25) is 5.02 Å². The second kappa shape index (κ2) is 6.59. The van der Waals surface area contributed by atoms with Gasteiger partial charge in [0, 0.05) is 11.1 Å². The zero-order chi connectivity index (χ0) is 13.8. The van der Waals surface area contributed by atoms with Gasteiger partial charge in [0.2, 0.25) is 0 Å². The molecule has 1 aliphatic rings. The molecular weight excluding hydrogens is 332 g/mol. The van der Waals surface area contributed by atoms with E-state index in [0.717, 1.165) is 23.9 Å². The standard InChI is InChI=1S/C13H16BrClN2O2/c1-8(12-3-2-6-19-12)16-13(18)17-11-5-4-9(14)7-10(11)15/h4-5,7-8,12H,2-3,6H2,1H3,(H2,16,17,18)/t8-,12-/m1/s1. The van der Waals surface area contributed by atoms with Crippen molar-refractivity contribution in [1.82, 2.24) is 5.32 Å². The van der Waals surface area contributed by atoms with E-state index in [1.807, 2.05) is 13.0 Å². The molecule has 0 spiro atoms. The molecule has 19 heavy (non-hydrogen) atoms. The van der Waals surface area contributed by atoms with E-state index in [2.05, 4.69) is 26.6 Å². The Kier molecular flexibility index (Phi) is 5.07. The maximum atomic E-state index is 11.9. The van der Waals surface area contributed by atoms with Gasteiger partial charge in [-0.15, -0.1) is 0 Å². The monoisotopic (exact) mass is 346 g/mol. The zero-order valence-corrected chi connectivity index (χ0v) is 12.9. The van der Waals surface area contributed by atoms with E-state index < -0.39 is 0 Å². The van der Waals surface area contributed by atoms with E-state index >= 15 is 0 Å². The largest absolute Gasteiger partial charge is 0.376 e. The highest BCUT2D eigenvalue weighted by atomic mass is 79.9. The Hall–Kier alpha value is -0.780. The molecule has 104 valence electrons. The van der Waals surface area contributed by atoms with Crippen molar-refractivity contribution >= 4 is 39.2 Å². The minimum Gasteiger partial charge on any atom is -0.376 e. The number of halogens is 2. The molecule has 0 unspecified atom stereocenters. The molecule has 2 amide bonds. The van der Waals surface area contributed by atoms with E-state index in [1.54, 1.807) is 12.1 Å². The fourth-order valence-electron chi connectivity index (χ4n) is 2.05. The van der Waals surface area contributed by atoms with Crippen LogP contribution in [0.15, 0.2) is 22.7 Å². The van der Waals surface area contributed by atoms with Gasteiger partial charge in [0.1, 0.15) is 0 Å². The van der Waals surface area contributed by atoms with E-state index in [9.17, 15) is 4.79 Å². The van der Waals surface area contributed by atoms with Crippen LogP contribution >= 0.6 is 27.5 Å². The Labute approximate surface area is 126 Å². The lowest BCUT2D eigenvalue weighted by atomic mass is 10.1. The van der Waals surface area contributed by atoms with Crippen molar-refractivity contribution in [1.29, 1.82) is 0 Å². The number of rotatable bonds is 3. The maximum Gasteiger partial charge on any atom is 0.319 e. The molecule has 1 aliphatic heterocycles. The van der Waals surface area contributed by atoms with Crippen molar-refractivity contribution in [3.8, 4) is 0 Å². The minimum atomic E-state index is -0.271. The average molecular weight is 348 g/mol. The normalized spacial score (nSPS) is 20.1. The molecule has 1 heterocycles. The number of carbonyl (C=O) groups excluding carboxylic acids is 1. The van der Waals surface area contributed by atoms with Gasteiger partial charge >= 0.3 is 6.03 Å². The van der Waals surface area contributed by atoms with Crippen LogP contribution in [0.5, 0.6) is 0 Å². The van der Waals surface area contributed by atoms with Crippen LogP contribution < -0.4 is 10.6 Å². The van der Waals surface area contributed by atoms with Gasteiger partial charge in [0.15, 0.2) is 0 Å². The molecule has 1 aromatic rings. The van der Waals surface area contributed by atoms with Crippen LogP contribution in [0.4, 0.5) is 10.5 Å². The van der Waals surface area contributed by atoms with E-state index in [-0.39, 0.29) is 18.2 Å². The van der Waals surface area contributed by atoms with Crippen molar-refractivity contribution < 1.29 is 9.53 Å². The first-order chi connectivity index (χ1) is 9.06. The highest BCUT2D eigenvalue weighted by molar-refractivity contribution is 9.10. The summed E-state index contributed by atoms with van der Waals surface area (Å²) >= 11 is 9.36. The third-order valence-corrected chi connectivity index (χ3v) is 3.87. The number of nitrogens with one attached hydrogen (secondary N) is 2. The number of benzene rings is 1. The van der Waals surface area contributed by atoms with E-state index in [0.29, 0.717) is 10.7 Å². The summed E-state index contributed by atoms with van der Waals surface area (Å²) in [4.78, 5) is 11.9. The molecule has 2 atom stereocenters. The van der Waals surface area contributed by atoms with Gasteiger partial charge in [-0.1, -0.05) is 27.5 Å². The highest BCUT2D eigenvalue weighted by Gasteiger charge is 2.23. The predicted octanol–water partition coefficient (Wildman–Crippen LogP) is 3.79. The van der Waals surface area contributed by atoms with E-state index in [1.165, 1.54) is 0 Å². The summed E-state index contributed by atoms with van der Waals surface area (Å²) in [6.45, 7) is 2.72. The van der Waals surface area contributed by atoms with Gasteiger partial charge < -0.3 is 15.4 Å². The van der Waals surface area contributed by atoms with Gasteiger partial charge in [0.25, 0.3) is 0 Å². The third-order valence-electron chi connectivity index (χ3n) is 3.06. The fraction of sp³-hybridized carbons (Fsp3) is 0.462. The lowest BCUT2D eigenvalue weighted by molar-refractivity contribution is 0.0868. The van der Waals surface area contributed by atoms with Gasteiger partial charge in [-0.3, -0.25) is 0 Å². The van der Waals surface area contributed by atoms with Gasteiger partial charge in [-0.25, -0.2) is 4.79 Å². The number of ether oxygens (including phenoxy) is 1. The summed E-state index contributed by atoms with van der Waals surface area (Å²) in [7, 11) is 0. The molecule has 1 aromatic carbocycles. The minimum absolute atomic E-state index is 0.0169. The molecule has 2 N–H and O–H groups in total. The number of hydrogen-bond donors (Lipinski definition) is 2. The van der Waals surface area contributed by atoms with Gasteiger partial charge in [-0.05, 0) is 38.0 Å². The molecule has 0 aliphatic carbocycles. The molecule has 4 nitrogen and oxygen atoms in total. The quantitative estimate of drug-likeness (QED) is 0.874. The Morgan fingerprint density at radius 3 is 3.00 bits per heavy atom. The van der Waals surface area contributed by atoms with Gasteiger partial charge in [-0.2, -0.15) is 0 Å². The first-order valence-corrected chi connectivity index (χ1v) is 7.37. The lowest BCUT2D eigenvalue weighted by Gasteiger charge is -2.20. The first-order valence-electron chi connectivity index (χ1n) is 6.20. The topological polar surface area (TPSA) is 50.4 Å². The third kappa shape index (κ3) is 4.09. The number of urea groups is 1. The Morgan fingerprint density at radius 2 is 2.37 bits per heavy atom. The number of hydrogen-bond acceptors (Lipinski definition) is 2. The highest BCUT2D eigenvalue weighted by Crippen LogP contribution is 2.25. The zero-order valence-electron chi connectivity index (χ0n) is 10.6. The smallest absolute Gasteiger partial charge is 0.319 e. The van der Waals surface area contributed by atoms with Crippen LogP contribution in [0.25, 0.3) is 0 Å². The summed E-state index contributed by atoms with van der Waals surface area (Å²) in [6.07, 6.45) is 2.14. The summed E-state index contributed by atoms with van der Waals surface area (Å²) < 4.78 is 6.40. The van der Waals surface area contributed by atoms with Crippen molar-refractivity contribution in [2.75, 3.05) is 11.9 Å². The SMILES string of the molecule is C[C@@H](NC(=O)Nc1ccc(Br)cc1Cl)[C@H]1CCCO1. The Morgan fingerprint density at radius 1 is 1.58 bits per heavy atom. The number of amides is 2. The second-order valence-electron chi connectivity index (χ2n) is 4.56.